The first-order chi connectivity index (χ1) is 14.3. The predicted octanol–water partition coefficient (Wildman–Crippen LogP) is 3.39. The lowest BCUT2D eigenvalue weighted by molar-refractivity contribution is -0.168. The van der Waals surface area contributed by atoms with Crippen LogP contribution in [0.4, 0.5) is 0 Å². The van der Waals surface area contributed by atoms with Crippen LogP contribution in [-0.2, 0) is 11.2 Å². The van der Waals surface area contributed by atoms with Gasteiger partial charge < -0.3 is 19.6 Å². The summed E-state index contributed by atoms with van der Waals surface area (Å²) in [6.07, 6.45) is 3.52. The van der Waals surface area contributed by atoms with Crippen LogP contribution in [0.3, 0.4) is 0 Å². The number of hydrogen-bond acceptors (Lipinski definition) is 6. The van der Waals surface area contributed by atoms with Gasteiger partial charge in [0.1, 0.15) is 5.75 Å². The number of nitrogens with zero attached hydrogens (tertiary/aromatic N) is 1. The molecule has 1 aromatic carbocycles. The Hall–Kier alpha value is -2.38. The summed E-state index contributed by atoms with van der Waals surface area (Å²) in [5, 5.41) is 14.0. The first-order valence-electron chi connectivity index (χ1n) is 10.2. The second kappa shape index (κ2) is 6.82. The molecular formula is C22H23ClN2O5. The molecule has 1 aliphatic heterocycles. The molecule has 1 amide bonds. The van der Waals surface area contributed by atoms with E-state index in [9.17, 15) is 14.7 Å². The molecule has 7 nitrogen and oxygen atoms in total. The quantitative estimate of drug-likeness (QED) is 0.681. The molecule has 2 aromatic rings. The molecule has 3 fully saturated rings. The minimum atomic E-state index is -0.796. The molecule has 8 heteroatoms. The zero-order valence-electron chi connectivity index (χ0n) is 16.6. The molecule has 4 aliphatic rings. The van der Waals surface area contributed by atoms with Crippen LogP contribution >= 0.6 is 11.6 Å². The Morgan fingerprint density at radius 1 is 1.33 bits per heavy atom. The molecule has 3 aliphatic carbocycles. The molecule has 0 saturated heterocycles. The number of aliphatic hydroxyl groups excluding tert-OH is 1. The number of ketones is 1. The molecule has 2 N–H and O–H groups in total. The largest absolute Gasteiger partial charge is 0.480 e. The zero-order valence-corrected chi connectivity index (χ0v) is 17.4. The van der Waals surface area contributed by atoms with Crippen LogP contribution in [0, 0.1) is 5.41 Å². The van der Waals surface area contributed by atoms with Gasteiger partial charge in [0, 0.05) is 35.4 Å². The van der Waals surface area contributed by atoms with Crippen molar-refractivity contribution in [2.24, 2.45) is 5.41 Å². The van der Waals surface area contributed by atoms with Gasteiger partial charge in [0.25, 0.3) is 5.91 Å². The summed E-state index contributed by atoms with van der Waals surface area (Å²) in [6.45, 7) is 1.93. The second-order valence-corrected chi connectivity index (χ2v) is 9.35. The summed E-state index contributed by atoms with van der Waals surface area (Å²) in [4.78, 5) is 29.3. The van der Waals surface area contributed by atoms with E-state index in [-0.39, 0.29) is 29.1 Å². The van der Waals surface area contributed by atoms with Gasteiger partial charge in [-0.3, -0.25) is 9.59 Å². The van der Waals surface area contributed by atoms with Crippen molar-refractivity contribution in [1.82, 2.24) is 10.3 Å². The number of amides is 1. The number of aromatic nitrogens is 1. The van der Waals surface area contributed by atoms with Crippen molar-refractivity contribution < 1.29 is 23.8 Å². The van der Waals surface area contributed by atoms with E-state index >= 15 is 0 Å². The highest BCUT2D eigenvalue weighted by atomic mass is 35.5. The number of carbonyl (C=O) groups is 2. The summed E-state index contributed by atoms with van der Waals surface area (Å²) in [5.74, 6) is 1.11. The van der Waals surface area contributed by atoms with E-state index in [4.69, 9.17) is 20.8 Å². The Labute approximate surface area is 178 Å². The topological polar surface area (TPSA) is 102 Å². The highest BCUT2D eigenvalue weighted by Crippen LogP contribution is 2.69. The molecule has 0 radical (unpaired) electrons. The van der Waals surface area contributed by atoms with Crippen molar-refractivity contribution >= 4 is 23.3 Å². The number of aliphatic hydroxyl groups is 1. The van der Waals surface area contributed by atoms with Crippen molar-refractivity contribution in [1.29, 1.82) is 0 Å². The number of rotatable bonds is 6. The number of Topliss-reactive ketones (excluding diaryl/α,β-unsaturated/α-hetero) is 1. The maximum atomic E-state index is 12.8. The maximum absolute atomic E-state index is 12.8. The fourth-order valence-electron chi connectivity index (χ4n) is 5.27. The SMILES string of the molecule is CCc1ncc(C(=O)CC23CC(NC(=O)[C@H]4C[C@@H](O)c5cc(Cl)ccc5O4)(C2)C3)o1. The molecule has 2 heterocycles. The highest BCUT2D eigenvalue weighted by molar-refractivity contribution is 6.30. The van der Waals surface area contributed by atoms with E-state index in [2.05, 4.69) is 10.3 Å². The molecule has 2 atom stereocenters. The van der Waals surface area contributed by atoms with E-state index in [0.29, 0.717) is 40.8 Å². The standard InChI is InChI=1S/C22H23ClN2O5/c1-2-19-24-8-18(30-19)15(27)7-21-9-22(10-21,11-21)25-20(28)17-6-14(26)13-5-12(23)3-4-16(13)29-17/h3-5,8,14,17,26H,2,6-7,9-11H2,1H3,(H,25,28)/t14-,17-,21?,22?/m1/s1. The summed E-state index contributed by atoms with van der Waals surface area (Å²) < 4.78 is 11.3. The smallest absolute Gasteiger partial charge is 0.261 e. The fraction of sp³-hybridized carbons (Fsp3) is 0.500. The lowest BCUT2D eigenvalue weighted by Gasteiger charge is -2.70. The molecule has 1 aromatic heterocycles. The van der Waals surface area contributed by atoms with Crippen LogP contribution in [0.25, 0.3) is 0 Å². The average molecular weight is 431 g/mol. The zero-order chi connectivity index (χ0) is 21.1. The first-order valence-corrected chi connectivity index (χ1v) is 10.6. The average Bonchev–Trinajstić information content (AvgIpc) is 3.15. The van der Waals surface area contributed by atoms with Gasteiger partial charge in [-0.1, -0.05) is 18.5 Å². The number of carbonyl (C=O) groups excluding carboxylic acids is 2. The van der Waals surface area contributed by atoms with Crippen LogP contribution in [0.5, 0.6) is 5.75 Å². The molecule has 0 unspecified atom stereocenters. The van der Waals surface area contributed by atoms with Crippen molar-refractivity contribution in [2.45, 2.75) is 63.2 Å². The van der Waals surface area contributed by atoms with Crippen molar-refractivity contribution in [2.75, 3.05) is 0 Å². The van der Waals surface area contributed by atoms with Crippen molar-refractivity contribution in [3.05, 3.63) is 46.6 Å². The molecule has 0 spiro atoms. The highest BCUT2D eigenvalue weighted by Gasteiger charge is 2.69. The normalized spacial score (nSPS) is 31.0. The van der Waals surface area contributed by atoms with Gasteiger partial charge in [0.2, 0.25) is 0 Å². The number of halogens is 1. The van der Waals surface area contributed by atoms with Crippen LogP contribution in [0.2, 0.25) is 5.02 Å². The van der Waals surface area contributed by atoms with Crippen molar-refractivity contribution in [3.63, 3.8) is 0 Å². The lowest BCUT2D eigenvalue weighted by Crippen LogP contribution is -2.75. The molecule has 3 saturated carbocycles. The third-order valence-corrected chi connectivity index (χ3v) is 6.76. The number of ether oxygens (including phenoxy) is 1. The number of aryl methyl sites for hydroxylation is 1. The van der Waals surface area contributed by atoms with Gasteiger partial charge in [-0.25, -0.2) is 4.98 Å². The summed E-state index contributed by atoms with van der Waals surface area (Å²) in [5.41, 5.74) is 0.287. The molecule has 6 rings (SSSR count). The van der Waals surface area contributed by atoms with Gasteiger partial charge in [-0.15, -0.1) is 0 Å². The van der Waals surface area contributed by atoms with Crippen LogP contribution in [0.1, 0.15) is 67.1 Å². The predicted molar refractivity (Wildman–Crippen MR) is 107 cm³/mol. The minimum absolute atomic E-state index is 0.0316. The Balaban J connectivity index is 1.17. The lowest BCUT2D eigenvalue weighted by atomic mass is 9.38. The van der Waals surface area contributed by atoms with E-state index in [0.717, 1.165) is 19.3 Å². The summed E-state index contributed by atoms with van der Waals surface area (Å²) >= 11 is 5.98. The number of benzene rings is 1. The van der Waals surface area contributed by atoms with E-state index in [1.807, 2.05) is 6.92 Å². The third kappa shape index (κ3) is 3.20. The maximum Gasteiger partial charge on any atom is 0.261 e. The molecule has 158 valence electrons. The number of fused-ring (bicyclic) bond motifs is 1. The van der Waals surface area contributed by atoms with Crippen LogP contribution in [0.15, 0.2) is 28.8 Å². The Morgan fingerprint density at radius 3 is 2.80 bits per heavy atom. The van der Waals surface area contributed by atoms with Gasteiger partial charge >= 0.3 is 0 Å². The van der Waals surface area contributed by atoms with Crippen LogP contribution in [-0.4, -0.2) is 33.4 Å². The molecule has 30 heavy (non-hydrogen) atoms. The monoisotopic (exact) mass is 430 g/mol. The van der Waals surface area contributed by atoms with Gasteiger partial charge in [-0.2, -0.15) is 0 Å². The molecule has 2 bridgehead atoms. The minimum Gasteiger partial charge on any atom is -0.480 e. The second-order valence-electron chi connectivity index (χ2n) is 8.91. The number of nitrogens with one attached hydrogen (secondary N) is 1. The first kappa shape index (κ1) is 19.6. The fourth-order valence-corrected chi connectivity index (χ4v) is 5.45. The number of hydrogen-bond donors (Lipinski definition) is 2. The van der Waals surface area contributed by atoms with Gasteiger partial charge in [-0.05, 0) is 42.9 Å². The molecular weight excluding hydrogens is 408 g/mol. The van der Waals surface area contributed by atoms with Gasteiger partial charge in [0.05, 0.1) is 12.3 Å². The van der Waals surface area contributed by atoms with Crippen molar-refractivity contribution in [3.8, 4) is 5.75 Å². The van der Waals surface area contributed by atoms with E-state index in [1.165, 1.54) is 6.20 Å². The van der Waals surface area contributed by atoms with Crippen LogP contribution < -0.4 is 10.1 Å². The van der Waals surface area contributed by atoms with E-state index in [1.54, 1.807) is 18.2 Å². The van der Waals surface area contributed by atoms with E-state index < -0.39 is 12.2 Å². The Kier molecular flexibility index (Phi) is 4.45. The Bertz CT molecular complexity index is 1010. The number of oxazole rings is 1. The summed E-state index contributed by atoms with van der Waals surface area (Å²) in [6, 6.07) is 5.01. The third-order valence-electron chi connectivity index (χ3n) is 6.52. The Morgan fingerprint density at radius 2 is 2.10 bits per heavy atom. The van der Waals surface area contributed by atoms with Gasteiger partial charge in [0.15, 0.2) is 23.5 Å². The summed E-state index contributed by atoms with van der Waals surface area (Å²) in [7, 11) is 0.